The van der Waals surface area contributed by atoms with Crippen molar-refractivity contribution in [3.05, 3.63) is 47.5 Å². The number of halogens is 1. The van der Waals surface area contributed by atoms with Crippen LogP contribution in [0.3, 0.4) is 0 Å². The molecule has 0 aliphatic carbocycles. The molecule has 25 heavy (non-hydrogen) atoms. The van der Waals surface area contributed by atoms with E-state index in [0.717, 1.165) is 5.56 Å². The molecule has 1 aromatic heterocycles. The predicted molar refractivity (Wildman–Crippen MR) is 98.9 cm³/mol. The quantitative estimate of drug-likeness (QED) is 0.598. The Morgan fingerprint density at radius 1 is 1.28 bits per heavy atom. The number of aliphatic hydroxyl groups excluding tert-OH is 1. The van der Waals surface area contributed by atoms with Gasteiger partial charge in [-0.05, 0) is 45.4 Å². The van der Waals surface area contributed by atoms with Gasteiger partial charge in [-0.25, -0.2) is 9.67 Å². The molecule has 2 rings (SSSR count). The van der Waals surface area contributed by atoms with Crippen LogP contribution in [0.5, 0.6) is 0 Å². The van der Waals surface area contributed by atoms with Crippen LogP contribution in [-0.4, -0.2) is 37.3 Å². The number of oxime groups is 1. The monoisotopic (exact) mass is 364 g/mol. The highest BCUT2D eigenvalue weighted by Crippen LogP contribution is 2.31. The molecule has 0 amide bonds. The Bertz CT molecular complexity index is 698. The van der Waals surface area contributed by atoms with E-state index in [9.17, 15) is 5.11 Å². The molecule has 2 aromatic rings. The van der Waals surface area contributed by atoms with Crippen molar-refractivity contribution >= 4 is 17.3 Å². The zero-order chi connectivity index (χ0) is 18.6. The van der Waals surface area contributed by atoms with Crippen molar-refractivity contribution in [2.45, 2.75) is 58.3 Å². The molecule has 0 spiro atoms. The molecule has 0 aliphatic heterocycles. The van der Waals surface area contributed by atoms with E-state index in [-0.39, 0.29) is 12.0 Å². The fourth-order valence-electron chi connectivity index (χ4n) is 2.40. The minimum atomic E-state index is -0.816. The van der Waals surface area contributed by atoms with E-state index in [1.165, 1.54) is 6.33 Å². The second-order valence-corrected chi connectivity index (χ2v) is 7.20. The van der Waals surface area contributed by atoms with Crippen LogP contribution >= 0.6 is 11.6 Å². The second-order valence-electron chi connectivity index (χ2n) is 6.76. The van der Waals surface area contributed by atoms with E-state index in [0.29, 0.717) is 10.7 Å². The Kier molecular flexibility index (Phi) is 6.19. The largest absolute Gasteiger partial charge is 0.389 e. The van der Waals surface area contributed by atoms with Crippen LogP contribution in [0, 0.1) is 0 Å². The van der Waals surface area contributed by atoms with Gasteiger partial charge in [-0.2, -0.15) is 5.10 Å². The van der Waals surface area contributed by atoms with E-state index in [1.54, 1.807) is 17.9 Å². The van der Waals surface area contributed by atoms with Crippen molar-refractivity contribution < 1.29 is 9.94 Å². The van der Waals surface area contributed by atoms with Crippen LogP contribution in [0.4, 0.5) is 0 Å². The maximum atomic E-state index is 10.4. The smallest absolute Gasteiger partial charge is 0.138 e. The molecule has 1 N–H and O–H groups in total. The zero-order valence-corrected chi connectivity index (χ0v) is 16.0. The summed E-state index contributed by atoms with van der Waals surface area (Å²) in [6.45, 7) is 9.59. The molecule has 7 heteroatoms. The predicted octanol–water partition coefficient (Wildman–Crippen LogP) is 3.83. The summed E-state index contributed by atoms with van der Waals surface area (Å²) in [5, 5.41) is 19.3. The number of rotatable bonds is 7. The molecular weight excluding hydrogens is 340 g/mol. The van der Waals surface area contributed by atoms with E-state index >= 15 is 0 Å². The van der Waals surface area contributed by atoms with E-state index in [4.69, 9.17) is 16.4 Å². The Labute approximate surface area is 153 Å². The molecule has 1 heterocycles. The van der Waals surface area contributed by atoms with Gasteiger partial charge in [-0.1, -0.05) is 35.8 Å². The minimum Gasteiger partial charge on any atom is -0.389 e. The molecule has 3 atom stereocenters. The fourth-order valence-corrected chi connectivity index (χ4v) is 2.52. The van der Waals surface area contributed by atoms with E-state index in [2.05, 4.69) is 22.2 Å². The van der Waals surface area contributed by atoms with Gasteiger partial charge in [0, 0.05) is 10.9 Å². The number of hydrogen-bond donors (Lipinski definition) is 1. The first-order valence-corrected chi connectivity index (χ1v) is 8.60. The van der Waals surface area contributed by atoms with Crippen molar-refractivity contribution in [2.75, 3.05) is 0 Å². The van der Waals surface area contributed by atoms with E-state index < -0.39 is 11.7 Å². The maximum Gasteiger partial charge on any atom is 0.138 e. The number of benzene rings is 1. The van der Waals surface area contributed by atoms with Crippen LogP contribution in [-0.2, 0) is 4.84 Å². The molecule has 0 aliphatic rings. The first kappa shape index (κ1) is 19.4. The van der Waals surface area contributed by atoms with E-state index in [1.807, 2.05) is 45.0 Å². The molecule has 0 bridgehead atoms. The third kappa shape index (κ3) is 4.80. The summed E-state index contributed by atoms with van der Waals surface area (Å²) in [5.41, 5.74) is 1.05. The molecule has 0 saturated heterocycles. The van der Waals surface area contributed by atoms with Crippen LogP contribution in [0.1, 0.15) is 52.1 Å². The maximum absolute atomic E-state index is 10.4. The number of hydrogen-bond acceptors (Lipinski definition) is 5. The summed E-state index contributed by atoms with van der Waals surface area (Å²) in [6, 6.07) is 7.40. The molecule has 0 fully saturated rings. The lowest BCUT2D eigenvalue weighted by Gasteiger charge is -2.30. The first-order chi connectivity index (χ1) is 11.7. The van der Waals surface area contributed by atoms with Gasteiger partial charge in [0.15, 0.2) is 0 Å². The average Bonchev–Trinajstić information content (AvgIpc) is 3.13. The van der Waals surface area contributed by atoms with Crippen LogP contribution in [0.25, 0.3) is 0 Å². The second kappa shape index (κ2) is 7.97. The summed E-state index contributed by atoms with van der Waals surface area (Å²) in [6.07, 6.45) is 2.18. The molecule has 0 saturated carbocycles. The molecule has 3 unspecified atom stereocenters. The topological polar surface area (TPSA) is 72.5 Å². The third-order valence-corrected chi connectivity index (χ3v) is 4.83. The summed E-state index contributed by atoms with van der Waals surface area (Å²) in [4.78, 5) is 9.67. The summed E-state index contributed by atoms with van der Waals surface area (Å²) in [7, 11) is 0. The highest BCUT2D eigenvalue weighted by Gasteiger charge is 2.30. The highest BCUT2D eigenvalue weighted by molar-refractivity contribution is 6.30. The first-order valence-electron chi connectivity index (χ1n) is 8.22. The number of aromatic nitrogens is 3. The fraction of sp³-hybridized carbons (Fsp3) is 0.500. The van der Waals surface area contributed by atoms with Crippen molar-refractivity contribution in [1.82, 2.24) is 14.8 Å². The zero-order valence-electron chi connectivity index (χ0n) is 15.2. The third-order valence-electron chi connectivity index (χ3n) is 4.58. The van der Waals surface area contributed by atoms with Crippen molar-refractivity contribution in [3.8, 4) is 0 Å². The summed E-state index contributed by atoms with van der Waals surface area (Å²) >= 11 is 5.95. The lowest BCUT2D eigenvalue weighted by Crippen LogP contribution is -2.32. The Morgan fingerprint density at radius 3 is 2.48 bits per heavy atom. The Morgan fingerprint density at radius 2 is 1.92 bits per heavy atom. The van der Waals surface area contributed by atoms with Gasteiger partial charge in [0.1, 0.15) is 24.4 Å². The van der Waals surface area contributed by atoms with Gasteiger partial charge >= 0.3 is 0 Å². The molecule has 6 nitrogen and oxygen atoms in total. The lowest BCUT2D eigenvalue weighted by molar-refractivity contribution is -0.0331. The average molecular weight is 365 g/mol. The molecule has 136 valence electrons. The lowest BCUT2D eigenvalue weighted by atomic mass is 9.86. The van der Waals surface area contributed by atoms with Crippen molar-refractivity contribution in [2.24, 2.45) is 5.16 Å². The Hall–Kier alpha value is -1.92. The van der Waals surface area contributed by atoms with Gasteiger partial charge in [-0.15, -0.1) is 0 Å². The molecule has 0 radical (unpaired) electrons. The van der Waals surface area contributed by atoms with Gasteiger partial charge in [0.2, 0.25) is 0 Å². The minimum absolute atomic E-state index is 0.0891. The summed E-state index contributed by atoms with van der Waals surface area (Å²) in [5.74, 6) is 0.0891. The van der Waals surface area contributed by atoms with Crippen molar-refractivity contribution in [3.63, 3.8) is 0 Å². The molecular formula is C18H25ClN4O2. The van der Waals surface area contributed by atoms with Crippen molar-refractivity contribution in [1.29, 1.82) is 0 Å². The normalized spacial score (nSPS) is 16.4. The SMILES string of the molecule is CC(=NOC(C)(C)C(C)c1ccc(Cl)cc1)C(O)C(C)n1cncn1. The standard InChI is InChI=1S/C18H25ClN4O2/c1-12(15-6-8-16(19)9-7-15)18(4,5)25-22-13(2)17(24)14(3)23-11-20-10-21-23/h6-12,14,17,24H,1-5H3. The summed E-state index contributed by atoms with van der Waals surface area (Å²) < 4.78 is 1.59. The number of nitrogens with zero attached hydrogens (tertiary/aromatic N) is 4. The van der Waals surface area contributed by atoms with Crippen LogP contribution < -0.4 is 0 Å². The van der Waals surface area contributed by atoms with Gasteiger partial charge in [-0.3, -0.25) is 0 Å². The molecule has 1 aromatic carbocycles. The van der Waals surface area contributed by atoms with Gasteiger partial charge in [0.05, 0.1) is 11.8 Å². The Balaban J connectivity index is 2.05. The van der Waals surface area contributed by atoms with Gasteiger partial charge < -0.3 is 9.94 Å². The van der Waals surface area contributed by atoms with Crippen LogP contribution in [0.15, 0.2) is 42.1 Å². The number of aliphatic hydroxyl groups is 1. The highest BCUT2D eigenvalue weighted by atomic mass is 35.5. The van der Waals surface area contributed by atoms with Gasteiger partial charge in [0.25, 0.3) is 0 Å². The van der Waals surface area contributed by atoms with Crippen LogP contribution in [0.2, 0.25) is 5.02 Å².